The molecule has 1 aromatic rings. The van der Waals surface area contributed by atoms with Gasteiger partial charge in [0.1, 0.15) is 22.4 Å². The van der Waals surface area contributed by atoms with Crippen LogP contribution in [0.15, 0.2) is 10.8 Å². The maximum absolute atomic E-state index is 4.32. The van der Waals surface area contributed by atoms with Crippen molar-refractivity contribution in [1.29, 1.82) is 0 Å². The van der Waals surface area contributed by atoms with Gasteiger partial charge < -0.3 is 10.2 Å². The highest BCUT2D eigenvalue weighted by molar-refractivity contribution is 9.10. The standard InChI is InChI=1S/C11H17BrN4/c1-7-4-8(7)5-16(3)11-9(12)10(13-2)14-6-15-11/h6-8H,4-5H2,1-3H3,(H,13,14,15). The van der Waals surface area contributed by atoms with E-state index < -0.39 is 0 Å². The minimum atomic E-state index is 0.824. The molecular weight excluding hydrogens is 268 g/mol. The molecule has 1 aromatic heterocycles. The summed E-state index contributed by atoms with van der Waals surface area (Å²) >= 11 is 3.54. The molecule has 0 saturated heterocycles. The van der Waals surface area contributed by atoms with Crippen LogP contribution in [0.3, 0.4) is 0 Å². The average molecular weight is 285 g/mol. The largest absolute Gasteiger partial charge is 0.372 e. The number of halogens is 1. The lowest BCUT2D eigenvalue weighted by Crippen LogP contribution is -2.22. The summed E-state index contributed by atoms with van der Waals surface area (Å²) in [5.74, 6) is 3.48. The zero-order chi connectivity index (χ0) is 11.7. The maximum Gasteiger partial charge on any atom is 0.148 e. The number of nitrogens with zero attached hydrogens (tertiary/aromatic N) is 3. The highest BCUT2D eigenvalue weighted by Crippen LogP contribution is 2.39. The molecule has 2 unspecified atom stereocenters. The van der Waals surface area contributed by atoms with E-state index in [-0.39, 0.29) is 0 Å². The molecular formula is C11H17BrN4. The summed E-state index contributed by atoms with van der Waals surface area (Å²) in [4.78, 5) is 10.7. The van der Waals surface area contributed by atoms with Gasteiger partial charge in [-0.15, -0.1) is 0 Å². The average Bonchev–Trinajstić information content (AvgIpc) is 2.94. The molecule has 2 atom stereocenters. The Balaban J connectivity index is 2.12. The minimum Gasteiger partial charge on any atom is -0.372 e. The molecule has 1 fully saturated rings. The van der Waals surface area contributed by atoms with Gasteiger partial charge in [-0.25, -0.2) is 9.97 Å². The highest BCUT2D eigenvalue weighted by Gasteiger charge is 2.33. The molecule has 0 spiro atoms. The number of hydrogen-bond acceptors (Lipinski definition) is 4. The van der Waals surface area contributed by atoms with E-state index in [1.54, 1.807) is 6.33 Å². The lowest BCUT2D eigenvalue weighted by molar-refractivity contribution is 0.717. The molecule has 0 bridgehead atoms. The zero-order valence-electron chi connectivity index (χ0n) is 9.87. The fraction of sp³-hybridized carbons (Fsp3) is 0.636. The molecule has 1 aliphatic carbocycles. The van der Waals surface area contributed by atoms with E-state index in [2.05, 4.69) is 50.1 Å². The second-order valence-corrected chi connectivity index (χ2v) is 5.26. The number of nitrogens with one attached hydrogen (secondary N) is 1. The van der Waals surface area contributed by atoms with Crippen molar-refractivity contribution >= 4 is 27.6 Å². The van der Waals surface area contributed by atoms with Crippen LogP contribution in [0, 0.1) is 11.8 Å². The Morgan fingerprint density at radius 1 is 1.56 bits per heavy atom. The molecule has 16 heavy (non-hydrogen) atoms. The summed E-state index contributed by atoms with van der Waals surface area (Å²) in [6.07, 6.45) is 2.94. The normalized spacial score (nSPS) is 23.0. The van der Waals surface area contributed by atoms with Crippen molar-refractivity contribution in [3.8, 4) is 0 Å². The van der Waals surface area contributed by atoms with Crippen LogP contribution in [0.4, 0.5) is 11.6 Å². The molecule has 1 N–H and O–H groups in total. The van der Waals surface area contributed by atoms with Crippen molar-refractivity contribution in [2.45, 2.75) is 13.3 Å². The van der Waals surface area contributed by atoms with Crippen molar-refractivity contribution < 1.29 is 0 Å². The van der Waals surface area contributed by atoms with Crippen LogP contribution in [0.2, 0.25) is 0 Å². The molecule has 1 heterocycles. The third-order valence-corrected chi connectivity index (χ3v) is 3.88. The van der Waals surface area contributed by atoms with Gasteiger partial charge in [0.25, 0.3) is 0 Å². The third kappa shape index (κ3) is 2.29. The summed E-state index contributed by atoms with van der Waals surface area (Å²) < 4.78 is 0.938. The van der Waals surface area contributed by atoms with Crippen LogP contribution >= 0.6 is 15.9 Å². The summed E-state index contributed by atoms with van der Waals surface area (Å²) in [7, 11) is 3.94. The third-order valence-electron chi connectivity index (χ3n) is 3.15. The predicted molar refractivity (Wildman–Crippen MR) is 69.8 cm³/mol. The van der Waals surface area contributed by atoms with Crippen LogP contribution in [0.5, 0.6) is 0 Å². The lowest BCUT2D eigenvalue weighted by atomic mass is 10.3. The van der Waals surface area contributed by atoms with Crippen molar-refractivity contribution in [3.63, 3.8) is 0 Å². The van der Waals surface area contributed by atoms with Crippen molar-refractivity contribution in [3.05, 3.63) is 10.8 Å². The lowest BCUT2D eigenvalue weighted by Gasteiger charge is -2.20. The molecule has 1 aliphatic rings. The van der Waals surface area contributed by atoms with E-state index in [0.717, 1.165) is 34.5 Å². The predicted octanol–water partition coefficient (Wildman–Crippen LogP) is 2.37. The first-order valence-electron chi connectivity index (χ1n) is 5.53. The molecule has 0 aromatic carbocycles. The first-order valence-corrected chi connectivity index (χ1v) is 6.32. The smallest absolute Gasteiger partial charge is 0.148 e. The maximum atomic E-state index is 4.32. The molecule has 5 heteroatoms. The van der Waals surface area contributed by atoms with Crippen molar-refractivity contribution in [2.75, 3.05) is 30.9 Å². The van der Waals surface area contributed by atoms with Crippen LogP contribution in [0.25, 0.3) is 0 Å². The van der Waals surface area contributed by atoms with E-state index in [1.807, 2.05) is 7.05 Å². The molecule has 0 amide bonds. The first-order chi connectivity index (χ1) is 7.63. The summed E-state index contributed by atoms with van der Waals surface area (Å²) in [5.41, 5.74) is 0. The van der Waals surface area contributed by atoms with Gasteiger partial charge in [-0.2, -0.15) is 0 Å². The van der Waals surface area contributed by atoms with E-state index in [0.29, 0.717) is 0 Å². The monoisotopic (exact) mass is 284 g/mol. The molecule has 4 nitrogen and oxygen atoms in total. The van der Waals surface area contributed by atoms with E-state index in [4.69, 9.17) is 0 Å². The molecule has 0 radical (unpaired) electrons. The van der Waals surface area contributed by atoms with Crippen molar-refractivity contribution in [2.24, 2.45) is 11.8 Å². The first kappa shape index (κ1) is 11.6. The minimum absolute atomic E-state index is 0.824. The highest BCUT2D eigenvalue weighted by atomic mass is 79.9. The SMILES string of the molecule is CNc1ncnc(N(C)CC2CC2C)c1Br. The zero-order valence-corrected chi connectivity index (χ0v) is 11.5. The molecule has 2 rings (SSSR count). The van der Waals surface area contributed by atoms with Crippen LogP contribution in [-0.4, -0.2) is 30.6 Å². The molecule has 88 valence electrons. The fourth-order valence-corrected chi connectivity index (χ4v) is 2.60. The van der Waals surface area contributed by atoms with Gasteiger partial charge >= 0.3 is 0 Å². The van der Waals surface area contributed by atoms with Crippen molar-refractivity contribution in [1.82, 2.24) is 9.97 Å². The quantitative estimate of drug-likeness (QED) is 0.922. The van der Waals surface area contributed by atoms with Crippen LogP contribution < -0.4 is 10.2 Å². The number of hydrogen-bond donors (Lipinski definition) is 1. The number of aromatic nitrogens is 2. The number of anilines is 2. The van der Waals surface area contributed by atoms with E-state index in [9.17, 15) is 0 Å². The Kier molecular flexibility index (Phi) is 3.33. The Hall–Kier alpha value is -0.840. The molecule has 1 saturated carbocycles. The summed E-state index contributed by atoms with van der Waals surface area (Å²) in [5, 5.41) is 3.04. The van der Waals surface area contributed by atoms with Gasteiger partial charge in [-0.3, -0.25) is 0 Å². The summed E-state index contributed by atoms with van der Waals surface area (Å²) in [6, 6.07) is 0. The Morgan fingerprint density at radius 2 is 2.25 bits per heavy atom. The Labute approximate surface area is 105 Å². The van der Waals surface area contributed by atoms with E-state index >= 15 is 0 Å². The Bertz CT molecular complexity index is 382. The second-order valence-electron chi connectivity index (χ2n) is 4.46. The van der Waals surface area contributed by atoms with Gasteiger partial charge in [-0.1, -0.05) is 6.92 Å². The van der Waals surface area contributed by atoms with Crippen LogP contribution in [-0.2, 0) is 0 Å². The van der Waals surface area contributed by atoms with Gasteiger partial charge in [0, 0.05) is 20.6 Å². The second kappa shape index (κ2) is 4.57. The Morgan fingerprint density at radius 3 is 2.81 bits per heavy atom. The van der Waals surface area contributed by atoms with Crippen LogP contribution in [0.1, 0.15) is 13.3 Å². The van der Waals surface area contributed by atoms with E-state index in [1.165, 1.54) is 6.42 Å². The van der Waals surface area contributed by atoms with Gasteiger partial charge in [-0.05, 0) is 34.2 Å². The van der Waals surface area contributed by atoms with Gasteiger partial charge in [0.2, 0.25) is 0 Å². The molecule has 0 aliphatic heterocycles. The number of rotatable bonds is 4. The van der Waals surface area contributed by atoms with Gasteiger partial charge in [0.15, 0.2) is 0 Å². The topological polar surface area (TPSA) is 41.1 Å². The van der Waals surface area contributed by atoms with Gasteiger partial charge in [0.05, 0.1) is 0 Å². The summed E-state index contributed by atoms with van der Waals surface area (Å²) in [6.45, 7) is 3.37. The fourth-order valence-electron chi connectivity index (χ4n) is 1.89.